The first kappa shape index (κ1) is 23.8. The number of aliphatic carboxylic acids is 1. The number of para-hydroxylation sites is 1. The molecule has 4 aliphatic rings. The van der Waals surface area contributed by atoms with Crippen molar-refractivity contribution in [1.29, 1.82) is 0 Å². The number of carbonyl (C=O) groups is 2. The lowest BCUT2D eigenvalue weighted by Crippen LogP contribution is -2.59. The highest BCUT2D eigenvalue weighted by Gasteiger charge is 2.71. The van der Waals surface area contributed by atoms with Gasteiger partial charge in [-0.15, -0.1) is 11.3 Å². The highest BCUT2D eigenvalue weighted by atomic mass is 32.1. The Morgan fingerprint density at radius 2 is 1.84 bits per heavy atom. The summed E-state index contributed by atoms with van der Waals surface area (Å²) in [6.07, 6.45) is 1.63. The van der Waals surface area contributed by atoms with E-state index >= 15 is 0 Å². The number of hydrogen-bond donors (Lipinski definition) is 1. The molecule has 2 fully saturated rings. The van der Waals surface area contributed by atoms with Gasteiger partial charge in [-0.1, -0.05) is 36.9 Å². The molecule has 7 rings (SSSR count). The molecule has 37 heavy (non-hydrogen) atoms. The van der Waals surface area contributed by atoms with Crippen molar-refractivity contribution < 1.29 is 24.2 Å². The van der Waals surface area contributed by atoms with Crippen molar-refractivity contribution in [2.75, 3.05) is 27.3 Å². The van der Waals surface area contributed by atoms with Gasteiger partial charge in [-0.2, -0.15) is 0 Å². The number of carbonyl (C=O) groups excluding carboxylic acids is 1. The van der Waals surface area contributed by atoms with Crippen molar-refractivity contribution in [2.24, 2.45) is 11.3 Å². The number of fused-ring (bicyclic) bond motifs is 1. The zero-order valence-corrected chi connectivity index (χ0v) is 21.7. The Hall–Kier alpha value is -3.58. The Labute approximate surface area is 220 Å². The summed E-state index contributed by atoms with van der Waals surface area (Å²) in [5.74, 6) is -0.125. The molecule has 1 saturated carbocycles. The Morgan fingerprint density at radius 1 is 1.08 bits per heavy atom. The molecule has 2 bridgehead atoms. The van der Waals surface area contributed by atoms with Crippen LogP contribution in [0.15, 0.2) is 66.6 Å². The van der Waals surface area contributed by atoms with Gasteiger partial charge in [-0.05, 0) is 53.6 Å². The second-order valence-electron chi connectivity index (χ2n) is 10.3. The normalized spacial score (nSPS) is 27.4. The van der Waals surface area contributed by atoms with Crippen molar-refractivity contribution >= 4 is 28.8 Å². The molecule has 1 aliphatic heterocycles. The summed E-state index contributed by atoms with van der Waals surface area (Å²) in [5, 5.41) is 13.0. The third kappa shape index (κ3) is 3.10. The lowest BCUT2D eigenvalue weighted by molar-refractivity contribution is -0.157. The minimum atomic E-state index is -1.07. The van der Waals surface area contributed by atoms with Gasteiger partial charge in [0.15, 0.2) is 0 Å². The van der Waals surface area contributed by atoms with Gasteiger partial charge in [0.25, 0.3) is 5.91 Å². The van der Waals surface area contributed by atoms with E-state index in [9.17, 15) is 14.7 Å². The first-order valence-corrected chi connectivity index (χ1v) is 13.3. The molecule has 6 nitrogen and oxygen atoms in total. The quantitative estimate of drug-likeness (QED) is 0.458. The van der Waals surface area contributed by atoms with Gasteiger partial charge in [0.1, 0.15) is 11.5 Å². The van der Waals surface area contributed by atoms with E-state index in [4.69, 9.17) is 9.47 Å². The predicted molar refractivity (Wildman–Crippen MR) is 142 cm³/mol. The maximum atomic E-state index is 13.9. The lowest BCUT2D eigenvalue weighted by Gasteiger charge is -2.58. The van der Waals surface area contributed by atoms with Gasteiger partial charge in [0.2, 0.25) is 0 Å². The molecule has 1 amide bonds. The van der Waals surface area contributed by atoms with Crippen LogP contribution in [0.2, 0.25) is 0 Å². The lowest BCUT2D eigenvalue weighted by atomic mass is 9.44. The monoisotopic (exact) mass is 515 g/mol. The number of methoxy groups -OCH3 is 2. The Balaban J connectivity index is 1.47. The van der Waals surface area contributed by atoms with Crippen LogP contribution in [-0.4, -0.2) is 49.2 Å². The minimum Gasteiger partial charge on any atom is -0.497 e. The summed E-state index contributed by atoms with van der Waals surface area (Å²) in [7, 11) is 3.20. The van der Waals surface area contributed by atoms with Gasteiger partial charge in [0.05, 0.1) is 19.6 Å². The van der Waals surface area contributed by atoms with Gasteiger partial charge >= 0.3 is 5.97 Å². The largest absolute Gasteiger partial charge is 0.497 e. The van der Waals surface area contributed by atoms with E-state index in [0.29, 0.717) is 23.4 Å². The van der Waals surface area contributed by atoms with Gasteiger partial charge in [0, 0.05) is 46.4 Å². The smallest absolute Gasteiger partial charge is 0.312 e. The SMILES string of the molecule is C=C(C(=O)N1CC2[C@@]3(c4ccc(OC)cc4)CC[C@H](c4ccsc43)[C@@]2(C(=O)O)C1)c1ccccc1OC. The fourth-order valence-corrected chi connectivity index (χ4v) is 8.64. The van der Waals surface area contributed by atoms with Gasteiger partial charge in [-0.25, -0.2) is 0 Å². The summed E-state index contributed by atoms with van der Waals surface area (Å²) in [4.78, 5) is 30.1. The van der Waals surface area contributed by atoms with Crippen molar-refractivity contribution in [3.63, 3.8) is 0 Å². The van der Waals surface area contributed by atoms with Crippen LogP contribution in [0.3, 0.4) is 0 Å². The zero-order chi connectivity index (χ0) is 25.9. The number of hydrogen-bond acceptors (Lipinski definition) is 5. The molecule has 7 heteroatoms. The molecule has 0 spiro atoms. The van der Waals surface area contributed by atoms with Crippen LogP contribution >= 0.6 is 11.3 Å². The topological polar surface area (TPSA) is 76.1 Å². The highest BCUT2D eigenvalue weighted by Crippen LogP contribution is 2.70. The second kappa shape index (κ2) is 8.48. The summed E-state index contributed by atoms with van der Waals surface area (Å²) < 4.78 is 10.9. The molecule has 2 heterocycles. The first-order valence-electron chi connectivity index (χ1n) is 12.5. The first-order chi connectivity index (χ1) is 17.9. The number of ether oxygens (including phenoxy) is 2. The molecule has 0 radical (unpaired) electrons. The van der Waals surface area contributed by atoms with Crippen molar-refractivity contribution in [2.45, 2.75) is 24.2 Å². The fraction of sp³-hybridized carbons (Fsp3) is 0.333. The molecule has 2 aromatic carbocycles. The summed E-state index contributed by atoms with van der Waals surface area (Å²) in [6, 6.07) is 17.4. The van der Waals surface area contributed by atoms with E-state index in [1.54, 1.807) is 36.5 Å². The fourth-order valence-electron chi connectivity index (χ4n) is 7.37. The van der Waals surface area contributed by atoms with Crippen LogP contribution in [0.1, 0.15) is 40.3 Å². The molecule has 3 aromatic rings. The average Bonchev–Trinajstić information content (AvgIpc) is 3.60. The van der Waals surface area contributed by atoms with Crippen LogP contribution < -0.4 is 9.47 Å². The maximum Gasteiger partial charge on any atom is 0.312 e. The Morgan fingerprint density at radius 3 is 2.54 bits per heavy atom. The van der Waals surface area contributed by atoms with E-state index in [1.807, 2.05) is 30.3 Å². The van der Waals surface area contributed by atoms with Crippen LogP contribution in [0.25, 0.3) is 5.57 Å². The van der Waals surface area contributed by atoms with Gasteiger partial charge < -0.3 is 19.5 Å². The molecule has 1 aromatic heterocycles. The van der Waals surface area contributed by atoms with Crippen molar-refractivity contribution in [3.8, 4) is 11.5 Å². The maximum absolute atomic E-state index is 13.9. The zero-order valence-electron chi connectivity index (χ0n) is 20.9. The van der Waals surface area contributed by atoms with Crippen LogP contribution in [0.5, 0.6) is 11.5 Å². The number of benzene rings is 2. The summed E-state index contributed by atoms with van der Waals surface area (Å²) in [6.45, 7) is 4.64. The Bertz CT molecular complexity index is 1410. The second-order valence-corrected chi connectivity index (χ2v) is 11.2. The molecule has 1 unspecified atom stereocenters. The molecular formula is C30H29NO5S. The third-order valence-electron chi connectivity index (χ3n) is 8.98. The highest BCUT2D eigenvalue weighted by molar-refractivity contribution is 7.10. The van der Waals surface area contributed by atoms with E-state index in [0.717, 1.165) is 29.7 Å². The number of amides is 1. The number of nitrogens with zero attached hydrogens (tertiary/aromatic N) is 1. The van der Waals surface area contributed by atoms with E-state index in [1.165, 1.54) is 4.88 Å². The van der Waals surface area contributed by atoms with Crippen molar-refractivity contribution in [3.05, 3.63) is 88.1 Å². The Kier molecular flexibility index (Phi) is 5.46. The van der Waals surface area contributed by atoms with Gasteiger partial charge in [-0.3, -0.25) is 9.59 Å². The molecule has 1 N–H and O–H groups in total. The minimum absolute atomic E-state index is 0.131. The number of rotatable bonds is 6. The number of likely N-dealkylation sites (tertiary alicyclic amines) is 1. The number of thiophene rings is 1. The third-order valence-corrected chi connectivity index (χ3v) is 10.1. The molecule has 4 atom stereocenters. The molecule has 3 aliphatic carbocycles. The van der Waals surface area contributed by atoms with Crippen LogP contribution in [0, 0.1) is 11.3 Å². The average molecular weight is 516 g/mol. The number of carboxylic acids is 1. The molecule has 190 valence electrons. The summed E-state index contributed by atoms with van der Waals surface area (Å²) in [5.41, 5.74) is 1.61. The summed E-state index contributed by atoms with van der Waals surface area (Å²) >= 11 is 1.71. The predicted octanol–water partition coefficient (Wildman–Crippen LogP) is 5.19. The standard InChI is InChI=1S/C30H29NO5S/c1-18(21-6-4-5-7-24(21)36-3)27(32)31-16-25-29(19-8-10-20(35-2)11-9-19)14-12-23(22-13-15-37-26(22)29)30(25,17-31)28(33)34/h4-11,13,15,23,25H,1,12,14,16-17H2,2-3H3,(H,33,34)/t23-,25?,29+,30+/m1/s1. The van der Waals surface area contributed by atoms with E-state index in [-0.39, 0.29) is 24.3 Å². The van der Waals surface area contributed by atoms with Crippen LogP contribution in [0.4, 0.5) is 0 Å². The van der Waals surface area contributed by atoms with Crippen LogP contribution in [-0.2, 0) is 15.0 Å². The number of carboxylic acid groups (broad SMARTS) is 1. The molecule has 1 saturated heterocycles. The van der Waals surface area contributed by atoms with Crippen molar-refractivity contribution in [1.82, 2.24) is 4.90 Å². The van der Waals surface area contributed by atoms with E-state index in [2.05, 4.69) is 30.2 Å². The van der Waals surface area contributed by atoms with E-state index < -0.39 is 16.8 Å². The molecular weight excluding hydrogens is 486 g/mol.